The van der Waals surface area contributed by atoms with Gasteiger partial charge in [0.2, 0.25) is 5.91 Å². The highest BCUT2D eigenvalue weighted by Crippen LogP contribution is 2.32. The fraction of sp³-hybridized carbons (Fsp3) is 0.304. The van der Waals surface area contributed by atoms with E-state index in [2.05, 4.69) is 48.0 Å². The first-order valence-corrected chi connectivity index (χ1v) is 9.92. The van der Waals surface area contributed by atoms with E-state index in [9.17, 15) is 9.59 Å². The summed E-state index contributed by atoms with van der Waals surface area (Å²) in [5, 5.41) is 0. The lowest BCUT2D eigenvalue weighted by Gasteiger charge is -2.38. The van der Waals surface area contributed by atoms with Crippen molar-refractivity contribution in [1.82, 2.24) is 14.4 Å². The van der Waals surface area contributed by atoms with Crippen LogP contribution in [0.1, 0.15) is 40.3 Å². The number of carbonyl (C=O) groups is 2. The highest BCUT2D eigenvalue weighted by atomic mass is 16.3. The van der Waals surface area contributed by atoms with Crippen molar-refractivity contribution >= 4 is 11.8 Å². The van der Waals surface area contributed by atoms with E-state index < -0.39 is 0 Å². The van der Waals surface area contributed by atoms with Gasteiger partial charge in [-0.3, -0.25) is 9.59 Å². The van der Waals surface area contributed by atoms with Crippen LogP contribution in [0.4, 0.5) is 0 Å². The second kappa shape index (κ2) is 7.99. The predicted molar refractivity (Wildman–Crippen MR) is 109 cm³/mol. The summed E-state index contributed by atoms with van der Waals surface area (Å²) < 4.78 is 7.42. The molecular formula is C23H25N3O3. The van der Waals surface area contributed by atoms with Crippen LogP contribution in [0.15, 0.2) is 65.4 Å². The van der Waals surface area contributed by atoms with Crippen molar-refractivity contribution in [3.05, 3.63) is 83.6 Å². The van der Waals surface area contributed by atoms with Gasteiger partial charge in [0.25, 0.3) is 5.91 Å². The fourth-order valence-corrected chi connectivity index (χ4v) is 3.89. The van der Waals surface area contributed by atoms with Crippen molar-refractivity contribution in [1.29, 1.82) is 0 Å². The molecule has 29 heavy (non-hydrogen) atoms. The predicted octanol–water partition coefficient (Wildman–Crippen LogP) is 3.48. The molecule has 2 aromatic heterocycles. The summed E-state index contributed by atoms with van der Waals surface area (Å²) in [6.45, 7) is 5.73. The van der Waals surface area contributed by atoms with Crippen LogP contribution in [0, 0.1) is 6.92 Å². The van der Waals surface area contributed by atoms with E-state index in [1.54, 1.807) is 12.1 Å². The molecule has 3 aromatic rings. The Bertz CT molecular complexity index is 989. The number of aromatic nitrogens is 1. The molecule has 0 spiro atoms. The molecule has 1 aliphatic heterocycles. The van der Waals surface area contributed by atoms with Gasteiger partial charge in [-0.1, -0.05) is 29.8 Å². The van der Waals surface area contributed by atoms with Gasteiger partial charge in [-0.25, -0.2) is 0 Å². The van der Waals surface area contributed by atoms with Gasteiger partial charge in [-0.15, -0.1) is 0 Å². The lowest BCUT2D eigenvalue weighted by molar-refractivity contribution is -0.134. The fourth-order valence-electron chi connectivity index (χ4n) is 3.89. The number of nitrogens with zero attached hydrogens (tertiary/aromatic N) is 3. The van der Waals surface area contributed by atoms with Crippen molar-refractivity contribution in [2.75, 3.05) is 19.6 Å². The molecular weight excluding hydrogens is 366 g/mol. The lowest BCUT2D eigenvalue weighted by atomic mass is 9.98. The second-order valence-electron chi connectivity index (χ2n) is 7.32. The molecule has 0 saturated carbocycles. The third-order valence-corrected chi connectivity index (χ3v) is 5.48. The second-order valence-corrected chi connectivity index (χ2v) is 7.32. The molecule has 0 N–H and O–H groups in total. The Labute approximate surface area is 170 Å². The standard InChI is InChI=1S/C23H25N3O3/c1-3-24(23(28)20-7-5-15-29-20)16-21(27)26-14-13-25-12-4-6-19(25)22(26)18-10-8-17(2)9-11-18/h4-12,15,22H,3,13-14,16H2,1-2H3/t22-/m0/s1. The maximum atomic E-state index is 13.3. The molecule has 0 saturated heterocycles. The summed E-state index contributed by atoms with van der Waals surface area (Å²) >= 11 is 0. The molecule has 1 aliphatic rings. The third-order valence-electron chi connectivity index (χ3n) is 5.48. The van der Waals surface area contributed by atoms with Crippen LogP contribution in [0.3, 0.4) is 0 Å². The highest BCUT2D eigenvalue weighted by Gasteiger charge is 2.33. The van der Waals surface area contributed by atoms with Crippen LogP contribution >= 0.6 is 0 Å². The molecule has 0 fully saturated rings. The number of amides is 2. The third kappa shape index (κ3) is 3.70. The molecule has 0 bridgehead atoms. The zero-order valence-corrected chi connectivity index (χ0v) is 16.7. The van der Waals surface area contributed by atoms with E-state index in [1.165, 1.54) is 16.7 Å². The zero-order chi connectivity index (χ0) is 20.4. The van der Waals surface area contributed by atoms with E-state index in [1.807, 2.05) is 17.9 Å². The first-order chi connectivity index (χ1) is 14.1. The zero-order valence-electron chi connectivity index (χ0n) is 16.7. The summed E-state index contributed by atoms with van der Waals surface area (Å²) in [6, 6.07) is 15.5. The molecule has 150 valence electrons. The van der Waals surface area contributed by atoms with Crippen LogP contribution in [0.2, 0.25) is 0 Å². The van der Waals surface area contributed by atoms with Crippen LogP contribution < -0.4 is 0 Å². The van der Waals surface area contributed by atoms with E-state index in [4.69, 9.17) is 4.42 Å². The van der Waals surface area contributed by atoms with E-state index in [0.717, 1.165) is 17.8 Å². The lowest BCUT2D eigenvalue weighted by Crippen LogP contribution is -2.47. The molecule has 3 heterocycles. The van der Waals surface area contributed by atoms with Gasteiger partial charge >= 0.3 is 0 Å². The monoisotopic (exact) mass is 391 g/mol. The number of hydrogen-bond donors (Lipinski definition) is 0. The largest absolute Gasteiger partial charge is 0.459 e. The quantitative estimate of drug-likeness (QED) is 0.669. The SMILES string of the molecule is CCN(CC(=O)N1CCn2cccc2[C@@H]1c1ccc(C)cc1)C(=O)c1ccco1. The van der Waals surface area contributed by atoms with Crippen molar-refractivity contribution < 1.29 is 14.0 Å². The molecule has 0 radical (unpaired) electrons. The van der Waals surface area contributed by atoms with Crippen molar-refractivity contribution in [3.63, 3.8) is 0 Å². The first-order valence-electron chi connectivity index (χ1n) is 9.92. The molecule has 6 heteroatoms. The average molecular weight is 391 g/mol. The van der Waals surface area contributed by atoms with Crippen molar-refractivity contribution in [2.24, 2.45) is 0 Å². The van der Waals surface area contributed by atoms with Gasteiger partial charge in [0.1, 0.15) is 6.54 Å². The number of furan rings is 1. The van der Waals surface area contributed by atoms with Gasteiger partial charge in [-0.05, 0) is 43.7 Å². The molecule has 0 unspecified atom stereocenters. The number of fused-ring (bicyclic) bond motifs is 1. The molecule has 1 aromatic carbocycles. The smallest absolute Gasteiger partial charge is 0.290 e. The summed E-state index contributed by atoms with van der Waals surface area (Å²) in [7, 11) is 0. The Hall–Kier alpha value is -3.28. The van der Waals surface area contributed by atoms with Gasteiger partial charge in [-0.2, -0.15) is 0 Å². The summed E-state index contributed by atoms with van der Waals surface area (Å²) in [6.07, 6.45) is 3.52. The van der Waals surface area contributed by atoms with Gasteiger partial charge in [0.15, 0.2) is 5.76 Å². The van der Waals surface area contributed by atoms with Crippen LogP contribution in [-0.4, -0.2) is 45.8 Å². The van der Waals surface area contributed by atoms with E-state index in [0.29, 0.717) is 13.1 Å². The molecule has 6 nitrogen and oxygen atoms in total. The minimum absolute atomic E-state index is 0.0269. The number of carbonyl (C=O) groups excluding carboxylic acids is 2. The summed E-state index contributed by atoms with van der Waals surface area (Å²) in [5.74, 6) is -0.0786. The average Bonchev–Trinajstić information content (AvgIpc) is 3.43. The van der Waals surface area contributed by atoms with Gasteiger partial charge in [0, 0.05) is 31.5 Å². The van der Waals surface area contributed by atoms with Crippen molar-refractivity contribution in [2.45, 2.75) is 26.4 Å². The molecule has 4 rings (SSSR count). The maximum absolute atomic E-state index is 13.3. The Morgan fingerprint density at radius 3 is 2.59 bits per heavy atom. The Morgan fingerprint density at radius 1 is 1.10 bits per heavy atom. The first kappa shape index (κ1) is 19.1. The van der Waals surface area contributed by atoms with Crippen LogP contribution in [-0.2, 0) is 11.3 Å². The number of hydrogen-bond acceptors (Lipinski definition) is 3. The van der Waals surface area contributed by atoms with E-state index in [-0.39, 0.29) is 30.2 Å². The Balaban J connectivity index is 1.60. The van der Waals surface area contributed by atoms with Crippen molar-refractivity contribution in [3.8, 4) is 0 Å². The molecule has 0 aliphatic carbocycles. The van der Waals surface area contributed by atoms with E-state index >= 15 is 0 Å². The summed E-state index contributed by atoms with van der Waals surface area (Å²) in [5.41, 5.74) is 3.34. The minimum Gasteiger partial charge on any atom is -0.459 e. The number of likely N-dealkylation sites (N-methyl/N-ethyl adjacent to an activating group) is 1. The van der Waals surface area contributed by atoms with Crippen LogP contribution in [0.5, 0.6) is 0 Å². The number of aryl methyl sites for hydroxylation is 1. The van der Waals surface area contributed by atoms with Gasteiger partial charge < -0.3 is 18.8 Å². The number of rotatable bonds is 5. The normalized spacial score (nSPS) is 15.8. The molecule has 2 amide bonds. The summed E-state index contributed by atoms with van der Waals surface area (Å²) in [4.78, 5) is 29.4. The topological polar surface area (TPSA) is 58.7 Å². The highest BCUT2D eigenvalue weighted by molar-refractivity contribution is 5.94. The van der Waals surface area contributed by atoms with Gasteiger partial charge in [0.05, 0.1) is 12.3 Å². The van der Waals surface area contributed by atoms with Crippen LogP contribution in [0.25, 0.3) is 0 Å². The minimum atomic E-state index is -0.266. The maximum Gasteiger partial charge on any atom is 0.290 e. The Morgan fingerprint density at radius 2 is 1.90 bits per heavy atom. The molecule has 1 atom stereocenters. The number of benzene rings is 1. The Kier molecular flexibility index (Phi) is 5.25.